The number of alkyl halides is 3. The Hall–Kier alpha value is -2.41. The summed E-state index contributed by atoms with van der Waals surface area (Å²) >= 11 is 0. The molecule has 0 N–H and O–H groups in total. The Labute approximate surface area is 174 Å². The molecule has 2 saturated heterocycles. The lowest BCUT2D eigenvalue weighted by atomic mass is 9.65. The van der Waals surface area contributed by atoms with Gasteiger partial charge in [0.15, 0.2) is 0 Å². The fraction of sp³-hybridized carbons (Fsp3) is 0.478. The fourth-order valence-corrected chi connectivity index (χ4v) is 5.03. The van der Waals surface area contributed by atoms with Crippen LogP contribution in [0.1, 0.15) is 44.2 Å². The number of nitrogens with zero attached hydrogens (tertiary/aromatic N) is 3. The van der Waals surface area contributed by atoms with Gasteiger partial charge in [-0.25, -0.2) is 4.98 Å². The second-order valence-corrected chi connectivity index (χ2v) is 8.91. The number of rotatable bonds is 3. The van der Waals surface area contributed by atoms with Crippen LogP contribution in [0.25, 0.3) is 0 Å². The summed E-state index contributed by atoms with van der Waals surface area (Å²) in [7, 11) is 0. The smallest absolute Gasteiger partial charge is 0.299 e. The van der Waals surface area contributed by atoms with Crippen molar-refractivity contribution in [2.24, 2.45) is 5.41 Å². The van der Waals surface area contributed by atoms with Crippen LogP contribution in [0.15, 0.2) is 48.7 Å². The Morgan fingerprint density at radius 1 is 1.07 bits per heavy atom. The third kappa shape index (κ3) is 3.60. The van der Waals surface area contributed by atoms with E-state index in [1.165, 1.54) is 10.5 Å². The standard InChI is InChI=1S/C23H26F3N3O/c1-21(2)22(9-12-28(13-10-22)16-17-6-4-3-5-7-17)15-20(30)29(21)19-14-18(8-11-27-19)23(24,25)26/h3-8,11,14H,9-10,12-13,15-16H2,1-2H3. The van der Waals surface area contributed by atoms with Gasteiger partial charge in [-0.1, -0.05) is 30.3 Å². The van der Waals surface area contributed by atoms with Gasteiger partial charge >= 0.3 is 6.18 Å². The van der Waals surface area contributed by atoms with Gasteiger partial charge in [0.25, 0.3) is 0 Å². The van der Waals surface area contributed by atoms with Crippen LogP contribution in [-0.4, -0.2) is 34.4 Å². The Bertz CT molecular complexity index is 919. The van der Waals surface area contributed by atoms with Crippen LogP contribution < -0.4 is 4.90 Å². The minimum atomic E-state index is -4.47. The van der Waals surface area contributed by atoms with Crippen molar-refractivity contribution in [3.8, 4) is 0 Å². The SMILES string of the molecule is CC1(C)N(c2cc(C(F)(F)F)ccn2)C(=O)CC12CCN(Cc1ccccc1)CC2. The quantitative estimate of drug-likeness (QED) is 0.713. The Balaban J connectivity index is 1.54. The number of hydrogen-bond acceptors (Lipinski definition) is 3. The van der Waals surface area contributed by atoms with Crippen molar-refractivity contribution in [1.29, 1.82) is 0 Å². The molecule has 0 bridgehead atoms. The van der Waals surface area contributed by atoms with Gasteiger partial charge in [0.1, 0.15) is 5.82 Å². The van der Waals surface area contributed by atoms with Crippen LogP contribution in [0.5, 0.6) is 0 Å². The summed E-state index contributed by atoms with van der Waals surface area (Å²) in [6.07, 6.45) is -1.33. The van der Waals surface area contributed by atoms with Crippen LogP contribution in [0.3, 0.4) is 0 Å². The van der Waals surface area contributed by atoms with Crippen molar-refractivity contribution in [2.45, 2.75) is 51.4 Å². The van der Waals surface area contributed by atoms with Gasteiger partial charge in [-0.15, -0.1) is 0 Å². The molecular formula is C23H26F3N3O. The molecule has 2 aromatic rings. The summed E-state index contributed by atoms with van der Waals surface area (Å²) in [6, 6.07) is 12.2. The number of carbonyl (C=O) groups excluding carboxylic acids is 1. The number of likely N-dealkylation sites (tertiary alicyclic amines) is 1. The average molecular weight is 417 g/mol. The topological polar surface area (TPSA) is 36.4 Å². The minimum Gasteiger partial charge on any atom is -0.299 e. The molecule has 0 radical (unpaired) electrons. The van der Waals surface area contributed by atoms with Crippen molar-refractivity contribution in [2.75, 3.05) is 18.0 Å². The molecule has 1 spiro atoms. The normalized spacial score (nSPS) is 21.4. The van der Waals surface area contributed by atoms with Gasteiger partial charge < -0.3 is 0 Å². The lowest BCUT2D eigenvalue weighted by molar-refractivity contribution is -0.137. The summed E-state index contributed by atoms with van der Waals surface area (Å²) in [5, 5.41) is 0. The summed E-state index contributed by atoms with van der Waals surface area (Å²) < 4.78 is 39.5. The van der Waals surface area contributed by atoms with Gasteiger partial charge in [0, 0.05) is 30.1 Å². The summed E-state index contributed by atoms with van der Waals surface area (Å²) in [6.45, 7) is 6.51. The third-order valence-electron chi connectivity index (χ3n) is 6.96. The van der Waals surface area contributed by atoms with Crippen LogP contribution in [0, 0.1) is 5.41 Å². The molecule has 2 fully saturated rings. The highest BCUT2D eigenvalue weighted by molar-refractivity contribution is 5.97. The molecule has 0 aliphatic carbocycles. The third-order valence-corrected chi connectivity index (χ3v) is 6.96. The molecule has 30 heavy (non-hydrogen) atoms. The first-order valence-corrected chi connectivity index (χ1v) is 10.3. The molecule has 1 amide bonds. The molecular weight excluding hydrogens is 391 g/mol. The maximum absolute atomic E-state index is 13.2. The molecule has 1 aromatic carbocycles. The summed E-state index contributed by atoms with van der Waals surface area (Å²) in [5.41, 5.74) is -0.410. The van der Waals surface area contributed by atoms with E-state index in [9.17, 15) is 18.0 Å². The van der Waals surface area contributed by atoms with E-state index in [0.29, 0.717) is 6.42 Å². The first-order valence-electron chi connectivity index (χ1n) is 10.3. The zero-order chi connectivity index (χ0) is 21.6. The van der Waals surface area contributed by atoms with Crippen LogP contribution in [0.2, 0.25) is 0 Å². The molecule has 1 aromatic heterocycles. The first kappa shape index (κ1) is 20.8. The zero-order valence-corrected chi connectivity index (χ0v) is 17.2. The highest BCUT2D eigenvalue weighted by Gasteiger charge is 2.58. The maximum atomic E-state index is 13.2. The lowest BCUT2D eigenvalue weighted by Gasteiger charge is -2.49. The number of aromatic nitrogens is 1. The van der Waals surface area contributed by atoms with E-state index in [2.05, 4.69) is 22.0 Å². The number of piperidine rings is 1. The van der Waals surface area contributed by atoms with E-state index >= 15 is 0 Å². The van der Waals surface area contributed by atoms with Crippen LogP contribution >= 0.6 is 0 Å². The van der Waals surface area contributed by atoms with Gasteiger partial charge in [-0.2, -0.15) is 13.2 Å². The molecule has 3 heterocycles. The highest BCUT2D eigenvalue weighted by atomic mass is 19.4. The highest BCUT2D eigenvalue weighted by Crippen LogP contribution is 2.54. The second kappa shape index (κ2) is 7.38. The van der Waals surface area contributed by atoms with Crippen LogP contribution in [-0.2, 0) is 17.5 Å². The molecule has 0 atom stereocenters. The molecule has 4 rings (SSSR count). The monoisotopic (exact) mass is 417 g/mol. The van der Waals surface area contributed by atoms with Gasteiger partial charge in [0.05, 0.1) is 5.56 Å². The molecule has 4 nitrogen and oxygen atoms in total. The predicted octanol–water partition coefficient (Wildman–Crippen LogP) is 4.90. The van der Waals surface area contributed by atoms with Gasteiger partial charge in [-0.05, 0) is 57.5 Å². The Morgan fingerprint density at radius 3 is 2.37 bits per heavy atom. The molecule has 2 aliphatic rings. The van der Waals surface area contributed by atoms with E-state index < -0.39 is 17.3 Å². The largest absolute Gasteiger partial charge is 0.416 e. The number of amides is 1. The number of pyridine rings is 1. The number of halogens is 3. The summed E-state index contributed by atoms with van der Waals surface area (Å²) in [4.78, 5) is 21.0. The second-order valence-electron chi connectivity index (χ2n) is 8.91. The number of carbonyl (C=O) groups is 1. The number of anilines is 1. The van der Waals surface area contributed by atoms with Crippen LogP contribution in [0.4, 0.5) is 19.0 Å². The van der Waals surface area contributed by atoms with Crippen molar-refractivity contribution < 1.29 is 18.0 Å². The molecule has 0 saturated carbocycles. The molecule has 0 unspecified atom stereocenters. The number of hydrogen-bond donors (Lipinski definition) is 0. The Kier molecular flexibility index (Phi) is 5.12. The molecule has 7 heteroatoms. The van der Waals surface area contributed by atoms with Crippen molar-refractivity contribution in [3.05, 3.63) is 59.8 Å². The van der Waals surface area contributed by atoms with Gasteiger partial charge in [0.2, 0.25) is 5.91 Å². The number of benzene rings is 1. The first-order chi connectivity index (χ1) is 14.1. The van der Waals surface area contributed by atoms with Crippen molar-refractivity contribution in [1.82, 2.24) is 9.88 Å². The molecule has 2 aliphatic heterocycles. The maximum Gasteiger partial charge on any atom is 0.416 e. The van der Waals surface area contributed by atoms with Crippen molar-refractivity contribution in [3.63, 3.8) is 0 Å². The minimum absolute atomic E-state index is 0.0865. The van der Waals surface area contributed by atoms with Gasteiger partial charge in [-0.3, -0.25) is 14.6 Å². The van der Waals surface area contributed by atoms with E-state index in [-0.39, 0.29) is 17.1 Å². The zero-order valence-electron chi connectivity index (χ0n) is 17.2. The van der Waals surface area contributed by atoms with E-state index in [1.54, 1.807) is 0 Å². The average Bonchev–Trinajstić information content (AvgIpc) is 2.88. The lowest BCUT2D eigenvalue weighted by Crippen LogP contribution is -2.54. The van der Waals surface area contributed by atoms with E-state index in [4.69, 9.17) is 0 Å². The molecule has 160 valence electrons. The van der Waals surface area contributed by atoms with E-state index in [1.807, 2.05) is 32.0 Å². The Morgan fingerprint density at radius 2 is 1.73 bits per heavy atom. The van der Waals surface area contributed by atoms with E-state index in [0.717, 1.165) is 50.8 Å². The summed E-state index contributed by atoms with van der Waals surface area (Å²) in [5.74, 6) is -0.0632. The van der Waals surface area contributed by atoms with Crippen molar-refractivity contribution >= 4 is 11.7 Å². The predicted molar refractivity (Wildman–Crippen MR) is 109 cm³/mol. The fourth-order valence-electron chi connectivity index (χ4n) is 5.03.